The maximum atomic E-state index is 4.78. The van der Waals surface area contributed by atoms with Crippen LogP contribution in [-0.4, -0.2) is 24.6 Å². The molecular formula is C18H23N3. The van der Waals surface area contributed by atoms with Gasteiger partial charge in [0, 0.05) is 31.2 Å². The molecule has 0 spiro atoms. The summed E-state index contributed by atoms with van der Waals surface area (Å²) in [5, 5.41) is 5.98. The number of nitrogens with zero attached hydrogens (tertiary/aromatic N) is 2. The van der Waals surface area contributed by atoms with Crippen molar-refractivity contribution in [3.8, 4) is 0 Å². The minimum Gasteiger partial charge on any atom is -0.352 e. The third-order valence-corrected chi connectivity index (χ3v) is 4.05. The monoisotopic (exact) mass is 281 g/mol. The van der Waals surface area contributed by atoms with E-state index < -0.39 is 0 Å². The van der Waals surface area contributed by atoms with Crippen molar-refractivity contribution in [1.82, 2.24) is 10.3 Å². The molecule has 0 aliphatic carbocycles. The summed E-state index contributed by atoms with van der Waals surface area (Å²) >= 11 is 0. The normalized spacial score (nSPS) is 15.3. The van der Waals surface area contributed by atoms with Crippen molar-refractivity contribution in [2.75, 3.05) is 24.5 Å². The standard InChI is InChI=1S/C18H23N3/c1-3-19-11-15-12-20-18(17-9-5-4-8-16(15)17)21-10-6-7-14(2)13-21/h4-5,7-9,12,19H,3,6,10-11,13H2,1-2H3. The van der Waals surface area contributed by atoms with E-state index in [-0.39, 0.29) is 0 Å². The van der Waals surface area contributed by atoms with Gasteiger partial charge in [-0.25, -0.2) is 4.98 Å². The first kappa shape index (κ1) is 14.1. The van der Waals surface area contributed by atoms with Crippen LogP contribution in [0.3, 0.4) is 0 Å². The van der Waals surface area contributed by atoms with Crippen LogP contribution in [0, 0.1) is 0 Å². The molecule has 3 heteroatoms. The van der Waals surface area contributed by atoms with Crippen molar-refractivity contribution in [2.24, 2.45) is 0 Å². The summed E-state index contributed by atoms with van der Waals surface area (Å²) in [6.07, 6.45) is 5.48. The summed E-state index contributed by atoms with van der Waals surface area (Å²) in [6, 6.07) is 8.63. The molecule has 0 saturated heterocycles. The number of anilines is 1. The summed E-state index contributed by atoms with van der Waals surface area (Å²) in [5.41, 5.74) is 2.71. The Labute approximate surface area is 126 Å². The SMILES string of the molecule is CCNCc1cnc(N2CCC=C(C)C2)c2ccccc12. The van der Waals surface area contributed by atoms with Gasteiger partial charge >= 0.3 is 0 Å². The lowest BCUT2D eigenvalue weighted by atomic mass is 10.1. The summed E-state index contributed by atoms with van der Waals surface area (Å²) in [4.78, 5) is 7.17. The molecule has 3 nitrogen and oxygen atoms in total. The van der Waals surface area contributed by atoms with Crippen molar-refractivity contribution in [3.63, 3.8) is 0 Å². The van der Waals surface area contributed by atoms with Gasteiger partial charge in [-0.3, -0.25) is 0 Å². The summed E-state index contributed by atoms with van der Waals surface area (Å²) in [5.74, 6) is 1.12. The van der Waals surface area contributed by atoms with E-state index in [0.29, 0.717) is 0 Å². The zero-order valence-corrected chi connectivity index (χ0v) is 12.9. The van der Waals surface area contributed by atoms with Gasteiger partial charge in [0.15, 0.2) is 0 Å². The summed E-state index contributed by atoms with van der Waals surface area (Å²) in [7, 11) is 0. The molecule has 110 valence electrons. The second-order valence-corrected chi connectivity index (χ2v) is 5.69. The van der Waals surface area contributed by atoms with E-state index in [0.717, 1.165) is 38.4 Å². The highest BCUT2D eigenvalue weighted by atomic mass is 15.2. The molecule has 0 bridgehead atoms. The summed E-state index contributed by atoms with van der Waals surface area (Å²) in [6.45, 7) is 8.24. The molecule has 1 N–H and O–H groups in total. The highest BCUT2D eigenvalue weighted by Gasteiger charge is 2.16. The summed E-state index contributed by atoms with van der Waals surface area (Å²) < 4.78 is 0. The smallest absolute Gasteiger partial charge is 0.136 e. The first-order valence-corrected chi connectivity index (χ1v) is 7.77. The van der Waals surface area contributed by atoms with Gasteiger partial charge in [0.1, 0.15) is 5.82 Å². The Kier molecular flexibility index (Phi) is 4.20. The second-order valence-electron chi connectivity index (χ2n) is 5.69. The number of fused-ring (bicyclic) bond motifs is 1. The molecule has 1 aromatic heterocycles. The van der Waals surface area contributed by atoms with Gasteiger partial charge in [-0.15, -0.1) is 0 Å². The molecule has 0 atom stereocenters. The Bertz CT molecular complexity index is 661. The molecule has 3 rings (SSSR count). The third-order valence-electron chi connectivity index (χ3n) is 4.05. The number of hydrogen-bond acceptors (Lipinski definition) is 3. The van der Waals surface area contributed by atoms with E-state index in [1.54, 1.807) is 0 Å². The van der Waals surface area contributed by atoms with Gasteiger partial charge in [0.2, 0.25) is 0 Å². The first-order chi connectivity index (χ1) is 10.3. The van der Waals surface area contributed by atoms with Crippen molar-refractivity contribution in [1.29, 1.82) is 0 Å². The number of hydrogen-bond donors (Lipinski definition) is 1. The predicted octanol–water partition coefficient (Wildman–Crippen LogP) is 3.50. The minimum atomic E-state index is 0.878. The highest BCUT2D eigenvalue weighted by molar-refractivity contribution is 5.94. The van der Waals surface area contributed by atoms with Gasteiger partial charge < -0.3 is 10.2 Å². The fourth-order valence-electron chi connectivity index (χ4n) is 2.98. The van der Waals surface area contributed by atoms with Crippen molar-refractivity contribution in [2.45, 2.75) is 26.8 Å². The van der Waals surface area contributed by atoms with E-state index >= 15 is 0 Å². The van der Waals surface area contributed by atoms with E-state index in [1.165, 1.54) is 21.9 Å². The molecule has 0 unspecified atom stereocenters. The van der Waals surface area contributed by atoms with Gasteiger partial charge in [0.05, 0.1) is 0 Å². The molecule has 1 aliphatic heterocycles. The average Bonchev–Trinajstić information content (AvgIpc) is 2.52. The quantitative estimate of drug-likeness (QED) is 0.869. The van der Waals surface area contributed by atoms with Crippen LogP contribution < -0.4 is 10.2 Å². The van der Waals surface area contributed by atoms with Crippen molar-refractivity contribution < 1.29 is 0 Å². The third kappa shape index (κ3) is 2.93. The highest BCUT2D eigenvalue weighted by Crippen LogP contribution is 2.29. The van der Waals surface area contributed by atoms with Gasteiger partial charge in [-0.1, -0.05) is 42.8 Å². The van der Waals surface area contributed by atoms with E-state index in [2.05, 4.69) is 54.4 Å². The van der Waals surface area contributed by atoms with E-state index in [4.69, 9.17) is 4.98 Å². The van der Waals surface area contributed by atoms with Crippen LogP contribution >= 0.6 is 0 Å². The van der Waals surface area contributed by atoms with Crippen LogP contribution in [0.25, 0.3) is 10.8 Å². The van der Waals surface area contributed by atoms with Crippen LogP contribution in [0.15, 0.2) is 42.1 Å². The Hall–Kier alpha value is -1.87. The zero-order valence-electron chi connectivity index (χ0n) is 12.9. The van der Waals surface area contributed by atoms with Gasteiger partial charge in [0.25, 0.3) is 0 Å². The molecule has 0 amide bonds. The number of pyridine rings is 1. The molecule has 2 aromatic rings. The Morgan fingerprint density at radius 3 is 2.81 bits per heavy atom. The average molecular weight is 281 g/mol. The maximum absolute atomic E-state index is 4.78. The largest absolute Gasteiger partial charge is 0.352 e. The second kappa shape index (κ2) is 6.27. The van der Waals surface area contributed by atoms with E-state index in [9.17, 15) is 0 Å². The molecule has 0 fully saturated rings. The lowest BCUT2D eigenvalue weighted by Crippen LogP contribution is -2.30. The van der Waals surface area contributed by atoms with Gasteiger partial charge in [-0.05, 0) is 30.8 Å². The minimum absolute atomic E-state index is 0.878. The van der Waals surface area contributed by atoms with E-state index in [1.807, 2.05) is 6.20 Å². The molecule has 2 heterocycles. The molecule has 21 heavy (non-hydrogen) atoms. The van der Waals surface area contributed by atoms with Crippen molar-refractivity contribution in [3.05, 3.63) is 47.7 Å². The molecule has 0 radical (unpaired) electrons. The molecular weight excluding hydrogens is 258 g/mol. The van der Waals surface area contributed by atoms with Crippen molar-refractivity contribution >= 4 is 16.6 Å². The predicted molar refractivity (Wildman–Crippen MR) is 89.7 cm³/mol. The van der Waals surface area contributed by atoms with Crippen LogP contribution in [-0.2, 0) is 6.54 Å². The van der Waals surface area contributed by atoms with Crippen LogP contribution in [0.5, 0.6) is 0 Å². The zero-order chi connectivity index (χ0) is 14.7. The van der Waals surface area contributed by atoms with Crippen LogP contribution in [0.1, 0.15) is 25.8 Å². The topological polar surface area (TPSA) is 28.2 Å². The van der Waals surface area contributed by atoms with Gasteiger partial charge in [-0.2, -0.15) is 0 Å². The van der Waals surface area contributed by atoms with Crippen LogP contribution in [0.4, 0.5) is 5.82 Å². The van der Waals surface area contributed by atoms with Crippen LogP contribution in [0.2, 0.25) is 0 Å². The molecule has 1 aromatic carbocycles. The number of benzene rings is 1. The Morgan fingerprint density at radius 2 is 2.05 bits per heavy atom. The Balaban J connectivity index is 2.02. The fraction of sp³-hybridized carbons (Fsp3) is 0.389. The number of rotatable bonds is 4. The fourth-order valence-corrected chi connectivity index (χ4v) is 2.98. The Morgan fingerprint density at radius 1 is 1.24 bits per heavy atom. The lowest BCUT2D eigenvalue weighted by Gasteiger charge is -2.28. The number of nitrogens with one attached hydrogen (secondary N) is 1. The molecule has 1 aliphatic rings. The first-order valence-electron chi connectivity index (χ1n) is 7.77. The number of aromatic nitrogens is 1. The molecule has 0 saturated carbocycles. The lowest BCUT2D eigenvalue weighted by molar-refractivity contribution is 0.727. The maximum Gasteiger partial charge on any atom is 0.136 e.